The van der Waals surface area contributed by atoms with E-state index in [9.17, 15) is 22.8 Å². The molecule has 1 N–H and O–H groups in total. The Morgan fingerprint density at radius 2 is 2.00 bits per heavy atom. The van der Waals surface area contributed by atoms with Gasteiger partial charge in [0.15, 0.2) is 5.78 Å². The van der Waals surface area contributed by atoms with Crippen LogP contribution < -0.4 is 5.32 Å². The maximum atomic E-state index is 12.6. The van der Waals surface area contributed by atoms with E-state index < -0.39 is 17.8 Å². The molecule has 2 heterocycles. The lowest BCUT2D eigenvalue weighted by Gasteiger charge is -2.10. The average molecular weight is 349 g/mol. The van der Waals surface area contributed by atoms with Crippen molar-refractivity contribution in [2.45, 2.75) is 13.1 Å². The summed E-state index contributed by atoms with van der Waals surface area (Å²) in [5, 5.41) is 4.00. The molecule has 0 unspecified atom stereocenters. The number of carbonyl (C=O) groups is 2. The number of anilines is 1. The molecule has 4 nitrogen and oxygen atoms in total. The summed E-state index contributed by atoms with van der Waals surface area (Å²) in [5.74, 6) is -1.11. The fourth-order valence-corrected chi connectivity index (χ4v) is 2.64. The van der Waals surface area contributed by atoms with Crippen LogP contribution in [0.5, 0.6) is 0 Å². The fraction of sp³-hybridized carbons (Fsp3) is 0.154. The molecule has 0 spiro atoms. The molecule has 0 atom stereocenters. The van der Waals surface area contributed by atoms with Crippen LogP contribution >= 0.6 is 22.9 Å². The minimum absolute atomic E-state index is 0.216. The second-order valence-corrected chi connectivity index (χ2v) is 5.54. The highest BCUT2D eigenvalue weighted by Crippen LogP contribution is 2.31. The Hall–Kier alpha value is -1.93. The minimum atomic E-state index is -4.69. The van der Waals surface area contributed by atoms with Crippen LogP contribution in [0.2, 0.25) is 5.02 Å². The number of ketones is 1. The van der Waals surface area contributed by atoms with E-state index in [2.05, 4.69) is 10.3 Å². The number of hydrogen-bond donors (Lipinski definition) is 1. The molecule has 0 aliphatic carbocycles. The lowest BCUT2D eigenvalue weighted by Crippen LogP contribution is -2.16. The smallest absolute Gasteiger partial charge is 0.313 e. The summed E-state index contributed by atoms with van der Waals surface area (Å²) < 4.78 is 37.9. The number of hydrogen-bond acceptors (Lipinski definition) is 4. The first-order valence-corrected chi connectivity index (χ1v) is 7.08. The largest absolute Gasteiger partial charge is 0.433 e. The molecule has 2 aromatic heterocycles. The van der Waals surface area contributed by atoms with Gasteiger partial charge in [0.1, 0.15) is 10.7 Å². The maximum absolute atomic E-state index is 12.6. The monoisotopic (exact) mass is 348 g/mol. The molecule has 0 saturated heterocycles. The second kappa shape index (κ2) is 6.05. The molecule has 0 fully saturated rings. The number of thiophene rings is 1. The number of alkyl halides is 3. The zero-order chi connectivity index (χ0) is 16.5. The van der Waals surface area contributed by atoms with Crippen molar-refractivity contribution in [2.24, 2.45) is 0 Å². The van der Waals surface area contributed by atoms with Crippen LogP contribution in [0.1, 0.15) is 33.3 Å². The van der Waals surface area contributed by atoms with Gasteiger partial charge in [-0.15, -0.1) is 11.3 Å². The second-order valence-electron chi connectivity index (χ2n) is 4.22. The van der Waals surface area contributed by atoms with E-state index in [1.54, 1.807) is 5.38 Å². The van der Waals surface area contributed by atoms with Crippen molar-refractivity contribution in [1.29, 1.82) is 0 Å². The van der Waals surface area contributed by atoms with Gasteiger partial charge in [0.2, 0.25) is 0 Å². The lowest BCUT2D eigenvalue weighted by molar-refractivity contribution is -0.141. The Kier molecular flexibility index (Phi) is 4.52. The highest BCUT2D eigenvalue weighted by molar-refractivity contribution is 7.14. The molecule has 0 aromatic carbocycles. The van der Waals surface area contributed by atoms with Gasteiger partial charge in [-0.1, -0.05) is 11.6 Å². The van der Waals surface area contributed by atoms with E-state index in [4.69, 9.17) is 11.6 Å². The van der Waals surface area contributed by atoms with Gasteiger partial charge < -0.3 is 5.32 Å². The Morgan fingerprint density at radius 3 is 2.59 bits per heavy atom. The van der Waals surface area contributed by atoms with Gasteiger partial charge >= 0.3 is 6.18 Å². The van der Waals surface area contributed by atoms with Crippen LogP contribution in [-0.4, -0.2) is 16.7 Å². The topological polar surface area (TPSA) is 59.1 Å². The summed E-state index contributed by atoms with van der Waals surface area (Å²) in [7, 11) is 0. The Morgan fingerprint density at radius 1 is 1.32 bits per heavy atom. The number of Topliss-reactive ketones (excluding diaryl/α,β-unsaturated/α-hetero) is 1. The number of nitrogens with one attached hydrogen (secondary N) is 1. The molecule has 116 valence electrons. The molecule has 2 rings (SSSR count). The van der Waals surface area contributed by atoms with Crippen LogP contribution in [0.4, 0.5) is 18.2 Å². The third-order valence-corrected chi connectivity index (χ3v) is 3.79. The van der Waals surface area contributed by atoms with Gasteiger partial charge in [0, 0.05) is 6.20 Å². The first-order chi connectivity index (χ1) is 10.2. The van der Waals surface area contributed by atoms with Crippen molar-refractivity contribution < 1.29 is 22.8 Å². The summed E-state index contributed by atoms with van der Waals surface area (Å²) in [4.78, 5) is 26.6. The summed E-state index contributed by atoms with van der Waals surface area (Å²) in [6.07, 6.45) is -3.92. The summed E-state index contributed by atoms with van der Waals surface area (Å²) in [6.45, 7) is 1.32. The third-order valence-electron chi connectivity index (χ3n) is 2.66. The predicted molar refractivity (Wildman–Crippen MR) is 76.5 cm³/mol. The van der Waals surface area contributed by atoms with E-state index in [-0.39, 0.29) is 26.9 Å². The zero-order valence-corrected chi connectivity index (χ0v) is 12.6. The molecular weight excluding hydrogens is 341 g/mol. The van der Waals surface area contributed by atoms with Gasteiger partial charge in [0.05, 0.1) is 16.1 Å². The van der Waals surface area contributed by atoms with E-state index in [1.807, 2.05) is 0 Å². The van der Waals surface area contributed by atoms with Gasteiger partial charge in [0.25, 0.3) is 5.91 Å². The standard InChI is InChI=1S/C13H8ClF3N2O2S/c1-6(20)7-2-3-22-12(7)19-11(21)8-4-10(13(15,16)17)18-5-9(8)14/h2-5H,1H3,(H,19,21). The number of pyridine rings is 1. The predicted octanol–water partition coefficient (Wildman–Crippen LogP) is 4.27. The molecule has 1 amide bonds. The molecular formula is C13H8ClF3N2O2S. The molecule has 0 saturated carbocycles. The lowest BCUT2D eigenvalue weighted by atomic mass is 10.2. The molecule has 0 aliphatic heterocycles. The van der Waals surface area contributed by atoms with Gasteiger partial charge in [-0.05, 0) is 24.4 Å². The van der Waals surface area contributed by atoms with Crippen molar-refractivity contribution >= 4 is 39.6 Å². The third kappa shape index (κ3) is 3.45. The van der Waals surface area contributed by atoms with E-state index in [0.717, 1.165) is 17.5 Å². The molecule has 0 aliphatic rings. The Bertz CT molecular complexity index is 743. The van der Waals surface area contributed by atoms with Gasteiger partial charge in [-0.25, -0.2) is 0 Å². The summed E-state index contributed by atoms with van der Waals surface area (Å²) in [5.41, 5.74) is -1.31. The van der Waals surface area contributed by atoms with Crippen molar-refractivity contribution in [3.63, 3.8) is 0 Å². The number of halogens is 4. The number of aromatic nitrogens is 1. The summed E-state index contributed by atoms with van der Waals surface area (Å²) in [6, 6.07) is 2.08. The van der Waals surface area contributed by atoms with E-state index in [0.29, 0.717) is 6.07 Å². The van der Waals surface area contributed by atoms with E-state index in [1.165, 1.54) is 13.0 Å². The van der Waals surface area contributed by atoms with Crippen LogP contribution in [0, 0.1) is 0 Å². The van der Waals surface area contributed by atoms with Crippen molar-refractivity contribution in [2.75, 3.05) is 5.32 Å². The fourth-order valence-electron chi connectivity index (χ4n) is 1.62. The minimum Gasteiger partial charge on any atom is -0.313 e. The molecule has 9 heteroatoms. The van der Waals surface area contributed by atoms with Crippen LogP contribution in [-0.2, 0) is 6.18 Å². The van der Waals surface area contributed by atoms with Crippen molar-refractivity contribution in [3.05, 3.63) is 45.6 Å². The molecule has 0 bridgehead atoms. The molecule has 2 aromatic rings. The van der Waals surface area contributed by atoms with Gasteiger partial charge in [-0.3, -0.25) is 14.6 Å². The molecule has 0 radical (unpaired) electrons. The SMILES string of the molecule is CC(=O)c1ccsc1NC(=O)c1cc(C(F)(F)F)ncc1Cl. The van der Waals surface area contributed by atoms with Crippen LogP contribution in [0.15, 0.2) is 23.7 Å². The zero-order valence-electron chi connectivity index (χ0n) is 11.0. The first kappa shape index (κ1) is 16.4. The van der Waals surface area contributed by atoms with Crippen LogP contribution in [0.25, 0.3) is 0 Å². The maximum Gasteiger partial charge on any atom is 0.433 e. The van der Waals surface area contributed by atoms with Gasteiger partial charge in [-0.2, -0.15) is 13.2 Å². The average Bonchev–Trinajstić information content (AvgIpc) is 2.86. The van der Waals surface area contributed by atoms with Crippen molar-refractivity contribution in [3.8, 4) is 0 Å². The highest BCUT2D eigenvalue weighted by atomic mass is 35.5. The quantitative estimate of drug-likeness (QED) is 0.843. The first-order valence-electron chi connectivity index (χ1n) is 5.82. The highest BCUT2D eigenvalue weighted by Gasteiger charge is 2.33. The summed E-state index contributed by atoms with van der Waals surface area (Å²) >= 11 is 6.81. The van der Waals surface area contributed by atoms with Crippen molar-refractivity contribution in [1.82, 2.24) is 4.98 Å². The molecule has 22 heavy (non-hydrogen) atoms. The number of nitrogens with zero attached hydrogens (tertiary/aromatic N) is 1. The number of rotatable bonds is 3. The Labute approximate surface area is 131 Å². The Balaban J connectivity index is 2.33. The van der Waals surface area contributed by atoms with E-state index >= 15 is 0 Å². The number of carbonyl (C=O) groups excluding carboxylic acids is 2. The normalized spacial score (nSPS) is 11.3. The van der Waals surface area contributed by atoms with Crippen LogP contribution in [0.3, 0.4) is 0 Å². The number of amides is 1.